The highest BCUT2D eigenvalue weighted by atomic mass is 15.0. The molecule has 0 unspecified atom stereocenters. The van der Waals surface area contributed by atoms with Gasteiger partial charge in [0.2, 0.25) is 0 Å². The monoisotopic (exact) mass is 558 g/mol. The number of rotatable bonds is 8. The van der Waals surface area contributed by atoms with Gasteiger partial charge in [-0.1, -0.05) is 129 Å². The number of nitrogens with zero attached hydrogens (tertiary/aromatic N) is 2. The summed E-state index contributed by atoms with van der Waals surface area (Å²) in [4.78, 5) is 0. The second-order valence-electron chi connectivity index (χ2n) is 11.5. The predicted octanol–water partition coefficient (Wildman–Crippen LogP) is 11.4. The summed E-state index contributed by atoms with van der Waals surface area (Å²) >= 11 is 0. The Hall–Kier alpha value is -4.82. The number of fused-ring (bicyclic) bond motifs is 2. The van der Waals surface area contributed by atoms with Crippen LogP contribution in [-0.2, 0) is 13.1 Å². The van der Waals surface area contributed by atoms with Gasteiger partial charge in [0.1, 0.15) is 0 Å². The lowest BCUT2D eigenvalue weighted by Gasteiger charge is -2.18. The maximum absolute atomic E-state index is 2.55. The van der Waals surface area contributed by atoms with E-state index in [1.807, 2.05) is 0 Å². The molecule has 0 N–H and O–H groups in total. The van der Waals surface area contributed by atoms with Crippen LogP contribution in [0.4, 0.5) is 0 Å². The van der Waals surface area contributed by atoms with Crippen molar-refractivity contribution < 1.29 is 0 Å². The largest absolute Gasteiger partial charge is 0.340 e. The Kier molecular flexibility index (Phi) is 7.20. The van der Waals surface area contributed by atoms with Crippen LogP contribution < -0.4 is 0 Å². The molecule has 0 aliphatic carbocycles. The molecule has 2 aromatic heterocycles. The minimum atomic E-state index is 0.969. The molecule has 7 aromatic rings. The number of aromatic nitrogens is 2. The Balaban J connectivity index is 1.65. The van der Waals surface area contributed by atoms with Crippen LogP contribution in [-0.4, -0.2) is 9.13 Å². The third-order valence-electron chi connectivity index (χ3n) is 8.72. The van der Waals surface area contributed by atoms with Gasteiger partial charge in [-0.25, -0.2) is 0 Å². The van der Waals surface area contributed by atoms with Crippen molar-refractivity contribution in [1.29, 1.82) is 0 Å². The Morgan fingerprint density at radius 2 is 0.907 bits per heavy atom. The van der Waals surface area contributed by atoms with E-state index in [2.05, 4.69) is 157 Å². The Morgan fingerprint density at radius 3 is 1.44 bits per heavy atom. The van der Waals surface area contributed by atoms with E-state index >= 15 is 0 Å². The van der Waals surface area contributed by atoms with Crippen LogP contribution in [0.15, 0.2) is 127 Å². The summed E-state index contributed by atoms with van der Waals surface area (Å²) in [6.45, 7) is 8.77. The zero-order chi connectivity index (χ0) is 29.3. The average Bonchev–Trinajstić information content (AvgIpc) is 3.55. The molecule has 0 amide bonds. The molecule has 0 radical (unpaired) electrons. The summed E-state index contributed by atoms with van der Waals surface area (Å²) in [6, 6.07) is 46.8. The topological polar surface area (TPSA) is 9.86 Å². The Morgan fingerprint density at radius 1 is 0.442 bits per heavy atom. The first-order valence-corrected chi connectivity index (χ1v) is 15.7. The van der Waals surface area contributed by atoms with Gasteiger partial charge in [-0.3, -0.25) is 0 Å². The molecule has 0 saturated heterocycles. The van der Waals surface area contributed by atoms with E-state index in [4.69, 9.17) is 0 Å². The van der Waals surface area contributed by atoms with Crippen LogP contribution >= 0.6 is 0 Å². The molecule has 43 heavy (non-hydrogen) atoms. The summed E-state index contributed by atoms with van der Waals surface area (Å²) in [5, 5.41) is 2.61. The quantitative estimate of drug-likeness (QED) is 0.176. The fourth-order valence-corrected chi connectivity index (χ4v) is 7.04. The molecule has 0 saturated carbocycles. The van der Waals surface area contributed by atoms with Crippen LogP contribution in [0, 0.1) is 6.92 Å². The molecule has 212 valence electrons. The predicted molar refractivity (Wildman–Crippen MR) is 184 cm³/mol. The van der Waals surface area contributed by atoms with Crippen molar-refractivity contribution in [2.75, 3.05) is 0 Å². The van der Waals surface area contributed by atoms with Gasteiger partial charge in [0.15, 0.2) is 0 Å². The summed E-state index contributed by atoms with van der Waals surface area (Å²) in [7, 11) is 0. The number of benzene rings is 5. The Bertz CT molecular complexity index is 2040. The molecule has 0 aliphatic heterocycles. The maximum atomic E-state index is 2.55. The molecular formula is C41H38N2. The molecule has 7 rings (SSSR count). The average molecular weight is 559 g/mol. The second kappa shape index (κ2) is 11.5. The first kappa shape index (κ1) is 27.0. The molecule has 0 bridgehead atoms. The first-order valence-electron chi connectivity index (χ1n) is 15.7. The SMILES string of the molecule is CCCn1c(-c2ccccc2)c(-c2cccc(C)c2-c2c(-c3ccccc3)n(CCC)c3ccccc23)c2ccccc21. The number of hydrogen-bond donors (Lipinski definition) is 0. The van der Waals surface area contributed by atoms with Crippen molar-refractivity contribution in [2.24, 2.45) is 0 Å². The number of para-hydroxylation sites is 2. The number of hydrogen-bond acceptors (Lipinski definition) is 0. The number of aryl methyl sites for hydroxylation is 3. The van der Waals surface area contributed by atoms with Crippen molar-refractivity contribution in [3.63, 3.8) is 0 Å². The summed E-state index contributed by atoms with van der Waals surface area (Å²) in [5.74, 6) is 0. The minimum absolute atomic E-state index is 0.969. The van der Waals surface area contributed by atoms with Crippen LogP contribution in [0.25, 0.3) is 66.6 Å². The normalized spacial score (nSPS) is 11.5. The molecule has 2 heteroatoms. The lowest BCUT2D eigenvalue weighted by atomic mass is 9.86. The van der Waals surface area contributed by atoms with Gasteiger partial charge in [-0.15, -0.1) is 0 Å². The highest BCUT2D eigenvalue weighted by Gasteiger charge is 2.27. The summed E-state index contributed by atoms with van der Waals surface area (Å²) < 4.78 is 5.10. The van der Waals surface area contributed by atoms with Crippen LogP contribution in [0.5, 0.6) is 0 Å². The van der Waals surface area contributed by atoms with E-state index < -0.39 is 0 Å². The molecule has 0 atom stereocenters. The van der Waals surface area contributed by atoms with Gasteiger partial charge < -0.3 is 9.13 Å². The van der Waals surface area contributed by atoms with Crippen molar-refractivity contribution in [3.05, 3.63) is 133 Å². The summed E-state index contributed by atoms with van der Waals surface area (Å²) in [6.07, 6.45) is 2.14. The highest BCUT2D eigenvalue weighted by Crippen LogP contribution is 2.50. The molecule has 2 heterocycles. The van der Waals surface area contributed by atoms with Gasteiger partial charge >= 0.3 is 0 Å². The minimum Gasteiger partial charge on any atom is -0.340 e. The van der Waals surface area contributed by atoms with Crippen LogP contribution in [0.1, 0.15) is 32.3 Å². The standard InChI is InChI=1S/C41H38N2/c1-4-27-42-35-25-14-12-22-32(35)38(40(42)30-18-8-6-9-19-30)34-24-16-17-29(3)37(34)39-33-23-13-15-26-36(33)43(28-5-2)41(39)31-20-10-7-11-21-31/h6-26H,4-5,27-28H2,1-3H3. The van der Waals surface area contributed by atoms with Gasteiger partial charge in [-0.05, 0) is 59.7 Å². The van der Waals surface area contributed by atoms with Gasteiger partial charge in [0.05, 0.1) is 11.4 Å². The van der Waals surface area contributed by atoms with Gasteiger partial charge in [0, 0.05) is 46.0 Å². The van der Waals surface area contributed by atoms with Crippen LogP contribution in [0.2, 0.25) is 0 Å². The van der Waals surface area contributed by atoms with Crippen molar-refractivity contribution in [3.8, 4) is 44.8 Å². The van der Waals surface area contributed by atoms with E-state index in [-0.39, 0.29) is 0 Å². The van der Waals surface area contributed by atoms with Crippen LogP contribution in [0.3, 0.4) is 0 Å². The van der Waals surface area contributed by atoms with E-state index in [0.29, 0.717) is 0 Å². The fourth-order valence-electron chi connectivity index (χ4n) is 7.04. The lowest BCUT2D eigenvalue weighted by molar-refractivity contribution is 0.709. The molecule has 0 fully saturated rings. The zero-order valence-electron chi connectivity index (χ0n) is 25.3. The van der Waals surface area contributed by atoms with E-state index in [9.17, 15) is 0 Å². The molecule has 5 aromatic carbocycles. The third-order valence-corrected chi connectivity index (χ3v) is 8.72. The molecule has 0 spiro atoms. The van der Waals surface area contributed by atoms with Crippen molar-refractivity contribution >= 4 is 21.8 Å². The second-order valence-corrected chi connectivity index (χ2v) is 11.5. The van der Waals surface area contributed by atoms with E-state index in [0.717, 1.165) is 25.9 Å². The van der Waals surface area contributed by atoms with Crippen molar-refractivity contribution in [1.82, 2.24) is 9.13 Å². The molecular weight excluding hydrogens is 520 g/mol. The maximum Gasteiger partial charge on any atom is 0.0571 e. The molecule has 2 nitrogen and oxygen atoms in total. The lowest BCUT2D eigenvalue weighted by Crippen LogP contribution is -2.01. The molecule has 0 aliphatic rings. The zero-order valence-corrected chi connectivity index (χ0v) is 25.3. The summed E-state index contributed by atoms with van der Waals surface area (Å²) in [5.41, 5.74) is 14.3. The first-order chi connectivity index (χ1) is 21.2. The Labute approximate surface area is 254 Å². The smallest absolute Gasteiger partial charge is 0.0571 e. The van der Waals surface area contributed by atoms with Crippen molar-refractivity contribution in [2.45, 2.75) is 46.7 Å². The highest BCUT2D eigenvalue weighted by molar-refractivity contribution is 6.13. The van der Waals surface area contributed by atoms with E-state index in [1.165, 1.54) is 72.1 Å². The third kappa shape index (κ3) is 4.49. The van der Waals surface area contributed by atoms with Gasteiger partial charge in [0.25, 0.3) is 0 Å². The van der Waals surface area contributed by atoms with E-state index in [1.54, 1.807) is 0 Å². The van der Waals surface area contributed by atoms with Gasteiger partial charge in [-0.2, -0.15) is 0 Å². The fraction of sp³-hybridized carbons (Fsp3) is 0.171.